The lowest BCUT2D eigenvalue weighted by Crippen LogP contribution is -2.69. The van der Waals surface area contributed by atoms with Crippen molar-refractivity contribution in [3.05, 3.63) is 0 Å². The van der Waals surface area contributed by atoms with Crippen molar-refractivity contribution in [2.75, 3.05) is 41.3 Å². The maximum absolute atomic E-state index is 14.3. The molecule has 3 aliphatic heterocycles. The number of carbonyl (C=O) groups excluding carboxylic acids is 1. The lowest BCUT2D eigenvalue weighted by atomic mass is 9.75. The van der Waals surface area contributed by atoms with E-state index in [4.69, 9.17) is 34.2 Å². The molecule has 0 saturated carbocycles. The first-order valence-electron chi connectivity index (χ1n) is 19.8. The molecule has 3 fully saturated rings. The number of hydrogen-bond acceptors (Lipinski definition) is 15. The van der Waals surface area contributed by atoms with E-state index < -0.39 is 95.5 Å². The highest BCUT2D eigenvalue weighted by Gasteiger charge is 2.58. The summed E-state index contributed by atoms with van der Waals surface area (Å²) in [5.41, 5.74) is -0.103. The number of rotatable bonds is 8. The number of hydrogen-bond donors (Lipinski definition) is 6. The largest absolute Gasteiger partial charge is 0.459 e. The van der Waals surface area contributed by atoms with Crippen LogP contribution in [0.4, 0.5) is 0 Å². The van der Waals surface area contributed by atoms with Gasteiger partial charge < -0.3 is 69.5 Å². The molecule has 15 heteroatoms. The summed E-state index contributed by atoms with van der Waals surface area (Å²) in [5.74, 6) is -2.69. The van der Waals surface area contributed by atoms with Crippen molar-refractivity contribution >= 4 is 5.97 Å². The number of carbonyl (C=O) groups is 1. The summed E-state index contributed by atoms with van der Waals surface area (Å²) in [5, 5.41) is 58.9. The predicted octanol–water partition coefficient (Wildman–Crippen LogP) is 1.23. The highest BCUT2D eigenvalue weighted by atomic mass is 16.7. The van der Waals surface area contributed by atoms with Crippen molar-refractivity contribution in [1.29, 1.82) is 0 Å². The molecule has 0 aromatic carbocycles. The predicted molar refractivity (Wildman–Crippen MR) is 202 cm³/mol. The number of aliphatic hydroxyl groups is 5. The number of likely N-dealkylation sites (N-methyl/N-ethyl adjacent to an activating group) is 2. The summed E-state index contributed by atoms with van der Waals surface area (Å²) in [6, 6.07) is -0.834. The van der Waals surface area contributed by atoms with Crippen LogP contribution >= 0.6 is 0 Å². The minimum atomic E-state index is -1.82. The van der Waals surface area contributed by atoms with E-state index in [0.717, 1.165) is 0 Å². The lowest BCUT2D eigenvalue weighted by Gasteiger charge is -2.53. The zero-order valence-electron chi connectivity index (χ0n) is 35.4. The third-order valence-electron chi connectivity index (χ3n) is 13.0. The minimum absolute atomic E-state index is 0.0423. The van der Waals surface area contributed by atoms with E-state index in [9.17, 15) is 30.3 Å². The zero-order chi connectivity index (χ0) is 41.3. The fraction of sp³-hybridized carbons (Fsp3) is 0.974. The molecule has 0 bridgehead atoms. The van der Waals surface area contributed by atoms with Gasteiger partial charge in [-0.15, -0.1) is 0 Å². The van der Waals surface area contributed by atoms with Gasteiger partial charge in [-0.2, -0.15) is 0 Å². The Kier molecular flexibility index (Phi) is 16.0. The van der Waals surface area contributed by atoms with Gasteiger partial charge in [-0.25, -0.2) is 0 Å². The molecule has 0 aliphatic carbocycles. The summed E-state index contributed by atoms with van der Waals surface area (Å²) in [4.78, 5) is 18.1. The van der Waals surface area contributed by atoms with Crippen LogP contribution in [0.15, 0.2) is 0 Å². The number of methoxy groups -OCH3 is 1. The van der Waals surface area contributed by atoms with Crippen LogP contribution in [0.25, 0.3) is 0 Å². The van der Waals surface area contributed by atoms with Gasteiger partial charge in [-0.3, -0.25) is 4.79 Å². The van der Waals surface area contributed by atoms with Crippen LogP contribution < -0.4 is 5.73 Å². The van der Waals surface area contributed by atoms with Crippen molar-refractivity contribution in [3.8, 4) is 0 Å². The average molecular weight is 778 g/mol. The first kappa shape index (κ1) is 47.3. The first-order valence-corrected chi connectivity index (χ1v) is 19.8. The summed E-state index contributed by atoms with van der Waals surface area (Å²) in [7, 11) is 7.07. The highest BCUT2D eigenvalue weighted by Crippen LogP contribution is 2.43. The quantitative estimate of drug-likeness (QED) is 0.192. The second-order valence-corrected chi connectivity index (χ2v) is 17.7. The number of esters is 1. The number of ether oxygens (including phenoxy) is 6. The van der Waals surface area contributed by atoms with Crippen LogP contribution in [0, 0.1) is 17.8 Å². The second-order valence-electron chi connectivity index (χ2n) is 17.7. The van der Waals surface area contributed by atoms with E-state index in [1.165, 1.54) is 14.0 Å². The Hall–Kier alpha value is -1.05. The van der Waals surface area contributed by atoms with Gasteiger partial charge in [0, 0.05) is 44.6 Å². The SMILES string of the molecule is CC[C@H]1OC(=O)[C@H](C)[C@@H](O[C@H]2C[C@@](C)(OC)C(O)(CN)[C@H](C)O2)[C@H](C)[C@@H](O[C@@H]2OC(C)C[C@H](N(C)C)[C@H]2O)[C@](C)(O)C[C@@H](C)CN(C)[C@H](C)[C@@H](O)[C@]1(C)O. The third kappa shape index (κ3) is 9.79. The van der Waals surface area contributed by atoms with Gasteiger partial charge >= 0.3 is 5.97 Å². The fourth-order valence-electron chi connectivity index (χ4n) is 9.18. The Morgan fingerprint density at radius 3 is 2.13 bits per heavy atom. The monoisotopic (exact) mass is 778 g/mol. The molecule has 3 heterocycles. The van der Waals surface area contributed by atoms with Crippen LogP contribution in [0.2, 0.25) is 0 Å². The van der Waals surface area contributed by atoms with E-state index >= 15 is 0 Å². The van der Waals surface area contributed by atoms with Gasteiger partial charge in [-0.05, 0) is 94.8 Å². The Balaban J connectivity index is 2.20. The van der Waals surface area contributed by atoms with Crippen molar-refractivity contribution < 1.29 is 58.7 Å². The number of aliphatic hydroxyl groups excluding tert-OH is 2. The number of nitrogens with zero attached hydrogens (tertiary/aromatic N) is 2. The normalized spacial score (nSPS) is 49.6. The highest BCUT2D eigenvalue weighted by molar-refractivity contribution is 5.73. The Morgan fingerprint density at radius 1 is 0.981 bits per heavy atom. The molecule has 0 aromatic heterocycles. The summed E-state index contributed by atoms with van der Waals surface area (Å²) < 4.78 is 37.9. The molecule has 318 valence electrons. The van der Waals surface area contributed by atoms with Crippen LogP contribution in [0.5, 0.6) is 0 Å². The molecule has 0 radical (unpaired) electrons. The van der Waals surface area contributed by atoms with E-state index in [0.29, 0.717) is 13.0 Å². The van der Waals surface area contributed by atoms with E-state index in [2.05, 4.69) is 0 Å². The molecular formula is C39H75N3O12. The van der Waals surface area contributed by atoms with Gasteiger partial charge in [-0.1, -0.05) is 20.8 Å². The average Bonchev–Trinajstić information content (AvgIpc) is 3.09. The van der Waals surface area contributed by atoms with Crippen molar-refractivity contribution in [2.45, 2.75) is 185 Å². The topological polar surface area (TPSA) is 206 Å². The van der Waals surface area contributed by atoms with Gasteiger partial charge in [0.15, 0.2) is 12.6 Å². The van der Waals surface area contributed by atoms with Crippen molar-refractivity contribution in [3.63, 3.8) is 0 Å². The Morgan fingerprint density at radius 2 is 1.59 bits per heavy atom. The van der Waals surface area contributed by atoms with Crippen LogP contribution in [0.3, 0.4) is 0 Å². The molecule has 0 amide bonds. The van der Waals surface area contributed by atoms with Gasteiger partial charge in [0.05, 0.1) is 35.9 Å². The molecule has 0 spiro atoms. The second kappa shape index (κ2) is 18.3. The zero-order valence-corrected chi connectivity index (χ0v) is 35.4. The minimum Gasteiger partial charge on any atom is -0.459 e. The van der Waals surface area contributed by atoms with Crippen LogP contribution in [-0.2, 0) is 33.2 Å². The molecule has 54 heavy (non-hydrogen) atoms. The van der Waals surface area contributed by atoms with Crippen LogP contribution in [0.1, 0.15) is 94.9 Å². The molecule has 2 unspecified atom stereocenters. The van der Waals surface area contributed by atoms with E-state index in [-0.39, 0.29) is 43.9 Å². The molecule has 18 atom stereocenters. The lowest BCUT2D eigenvalue weighted by molar-refractivity contribution is -0.335. The van der Waals surface area contributed by atoms with E-state index in [1.807, 2.05) is 51.7 Å². The fourth-order valence-corrected chi connectivity index (χ4v) is 9.18. The molecule has 15 nitrogen and oxygen atoms in total. The molecule has 3 rings (SSSR count). The van der Waals surface area contributed by atoms with Crippen LogP contribution in [-0.4, -0.2) is 172 Å². The third-order valence-corrected chi connectivity index (χ3v) is 13.0. The summed E-state index contributed by atoms with van der Waals surface area (Å²) >= 11 is 0. The molecule has 3 saturated heterocycles. The molecule has 0 aromatic rings. The van der Waals surface area contributed by atoms with Gasteiger partial charge in [0.2, 0.25) is 0 Å². The van der Waals surface area contributed by atoms with Crippen molar-refractivity contribution in [2.24, 2.45) is 23.5 Å². The smallest absolute Gasteiger partial charge is 0.311 e. The first-order chi connectivity index (χ1) is 24.8. The van der Waals surface area contributed by atoms with E-state index in [1.54, 1.807) is 41.5 Å². The Labute approximate surface area is 323 Å². The molecule has 3 aliphatic rings. The Bertz CT molecular complexity index is 1210. The number of cyclic esters (lactones) is 1. The maximum atomic E-state index is 14.3. The summed E-state index contributed by atoms with van der Waals surface area (Å²) in [6.45, 7) is 17.7. The molecule has 7 N–H and O–H groups in total. The van der Waals surface area contributed by atoms with Crippen molar-refractivity contribution in [1.82, 2.24) is 9.80 Å². The standard InChI is InChI=1S/C39H75N3O12/c1-15-28-38(10,47)32(44)25(6)42(13)19-21(2)17-36(8,46)33(54-35-30(43)27(41(11)12)16-22(3)50-35)23(4)31(24(5)34(45)52-28)53-29-18-37(9,49-14)39(48,20-40)26(7)51-29/h21-33,35,43-44,46-48H,15-20,40H2,1-14H3/t21-,22?,23+,24-,25-,26+,27+,28-,29+,30-,31+,32-,33-,35+,36-,37-,38-,39?/m1/s1. The maximum Gasteiger partial charge on any atom is 0.311 e. The molecular weight excluding hydrogens is 702 g/mol. The number of nitrogens with two attached hydrogens (primary N) is 1. The van der Waals surface area contributed by atoms with Gasteiger partial charge in [0.1, 0.15) is 35.1 Å². The summed E-state index contributed by atoms with van der Waals surface area (Å²) in [6.07, 6.45) is -7.77. The van der Waals surface area contributed by atoms with Gasteiger partial charge in [0.25, 0.3) is 0 Å².